The van der Waals surface area contributed by atoms with Gasteiger partial charge in [-0.25, -0.2) is 8.42 Å². The Morgan fingerprint density at radius 3 is 1.59 bits per heavy atom. The summed E-state index contributed by atoms with van der Waals surface area (Å²) in [5, 5.41) is 7.42. The fourth-order valence-electron chi connectivity index (χ4n) is 1.75. The molecular weight excluding hydrogens is 319 g/mol. The average Bonchev–Trinajstić information content (AvgIpc) is 2.34. The third kappa shape index (κ3) is 37.0. The van der Waals surface area contributed by atoms with E-state index in [0.717, 1.165) is 19.8 Å². The number of carboxylic acid groups (broad SMARTS) is 1. The summed E-state index contributed by atoms with van der Waals surface area (Å²) in [7, 11) is -4.48. The number of rotatable bonds is 12. The van der Waals surface area contributed by atoms with Gasteiger partial charge in [-0.15, -0.1) is 0 Å². The molecule has 0 rings (SSSR count). The molecule has 0 bridgehead atoms. The van der Waals surface area contributed by atoms with Gasteiger partial charge in [0.2, 0.25) is 10.4 Å². The topological polar surface area (TPSA) is 104 Å². The van der Waals surface area contributed by atoms with Gasteiger partial charge in [0.1, 0.15) is 0 Å². The van der Waals surface area contributed by atoms with Gasteiger partial charge in [0, 0.05) is 6.92 Å². The van der Waals surface area contributed by atoms with Gasteiger partial charge in [-0.05, 0) is 6.42 Å². The molecule has 0 aromatic heterocycles. The van der Waals surface area contributed by atoms with Crippen LogP contribution in [0.15, 0.2) is 0 Å². The van der Waals surface area contributed by atoms with Crippen molar-refractivity contribution in [2.45, 2.75) is 78.1 Å². The molecule has 0 fully saturated rings. The van der Waals surface area contributed by atoms with E-state index in [9.17, 15) is 13.0 Å². The van der Waals surface area contributed by atoms with E-state index < -0.39 is 16.4 Å². The third-order valence-electron chi connectivity index (χ3n) is 2.73. The van der Waals surface area contributed by atoms with Crippen LogP contribution in [0.1, 0.15) is 78.1 Å². The molecule has 0 heterocycles. The van der Waals surface area contributed by atoms with Gasteiger partial charge in [-0.3, -0.25) is 8.98 Å². The van der Waals surface area contributed by atoms with Crippen molar-refractivity contribution in [1.82, 2.24) is 0 Å². The molecule has 0 saturated carbocycles. The van der Waals surface area contributed by atoms with Crippen molar-refractivity contribution in [2.24, 2.45) is 0 Å². The second kappa shape index (κ2) is 19.4. The summed E-state index contributed by atoms with van der Waals surface area (Å²) in [4.78, 5) is 9.00. The monoisotopic (exact) mass is 348 g/mol. The van der Waals surface area contributed by atoms with E-state index in [-0.39, 0.29) is 36.2 Å². The first-order valence-electron chi connectivity index (χ1n) is 7.59. The maximum absolute atomic E-state index is 10.1. The van der Waals surface area contributed by atoms with Crippen LogP contribution in [0.3, 0.4) is 0 Å². The summed E-state index contributed by atoms with van der Waals surface area (Å²) in [6.07, 6.45) is 11.7. The molecular formula is C14H29NaO6S. The van der Waals surface area contributed by atoms with Crippen molar-refractivity contribution < 1.29 is 56.6 Å². The maximum atomic E-state index is 10.1. The second-order valence-electron chi connectivity index (χ2n) is 4.93. The zero-order valence-electron chi connectivity index (χ0n) is 14.2. The molecule has 1 N–H and O–H groups in total. The molecule has 128 valence electrons. The van der Waals surface area contributed by atoms with Gasteiger partial charge in [-0.1, -0.05) is 64.7 Å². The smallest absolute Gasteiger partial charge is 0.726 e. The van der Waals surface area contributed by atoms with Crippen LogP contribution < -0.4 is 29.6 Å². The number of hydrogen-bond donors (Lipinski definition) is 1. The average molecular weight is 348 g/mol. The normalized spacial score (nSPS) is 10.3. The molecule has 22 heavy (non-hydrogen) atoms. The molecule has 0 atom stereocenters. The van der Waals surface area contributed by atoms with E-state index in [1.165, 1.54) is 44.9 Å². The van der Waals surface area contributed by atoms with E-state index in [1.54, 1.807) is 0 Å². The van der Waals surface area contributed by atoms with Gasteiger partial charge in [0.25, 0.3) is 5.97 Å². The number of aliphatic carboxylic acids is 1. The van der Waals surface area contributed by atoms with Crippen LogP contribution in [0, 0.1) is 0 Å². The molecule has 8 heteroatoms. The van der Waals surface area contributed by atoms with Crippen molar-refractivity contribution in [2.75, 3.05) is 6.61 Å². The minimum Gasteiger partial charge on any atom is -0.726 e. The molecule has 0 unspecified atom stereocenters. The first-order chi connectivity index (χ1) is 9.79. The fraction of sp³-hybridized carbons (Fsp3) is 0.929. The number of carbonyl (C=O) groups is 1. The summed E-state index contributed by atoms with van der Waals surface area (Å²) in [5.74, 6) is -0.833. The predicted octanol–water partition coefficient (Wildman–Crippen LogP) is 0.479. The fourth-order valence-corrected chi connectivity index (χ4v) is 2.07. The van der Waals surface area contributed by atoms with Crippen LogP contribution in [0.5, 0.6) is 0 Å². The van der Waals surface area contributed by atoms with E-state index in [4.69, 9.17) is 9.90 Å². The van der Waals surface area contributed by atoms with Crippen LogP contribution in [0.4, 0.5) is 0 Å². The zero-order valence-corrected chi connectivity index (χ0v) is 17.0. The molecule has 0 aromatic carbocycles. The second-order valence-corrected chi connectivity index (χ2v) is 5.98. The van der Waals surface area contributed by atoms with E-state index in [0.29, 0.717) is 6.42 Å². The number of carboxylic acids is 1. The third-order valence-corrected chi connectivity index (χ3v) is 3.18. The molecule has 0 saturated heterocycles. The summed E-state index contributed by atoms with van der Waals surface area (Å²) >= 11 is 0. The Morgan fingerprint density at radius 2 is 1.27 bits per heavy atom. The predicted molar refractivity (Wildman–Crippen MR) is 80.8 cm³/mol. The van der Waals surface area contributed by atoms with E-state index >= 15 is 0 Å². The van der Waals surface area contributed by atoms with Gasteiger partial charge in [-0.2, -0.15) is 0 Å². The van der Waals surface area contributed by atoms with Crippen LogP contribution in [-0.4, -0.2) is 30.7 Å². The van der Waals surface area contributed by atoms with Crippen LogP contribution >= 0.6 is 0 Å². The van der Waals surface area contributed by atoms with Crippen molar-refractivity contribution >= 4 is 16.4 Å². The van der Waals surface area contributed by atoms with Crippen molar-refractivity contribution in [3.05, 3.63) is 0 Å². The molecule has 0 radical (unpaired) electrons. The Balaban J connectivity index is -0.000000640. The van der Waals surface area contributed by atoms with Crippen LogP contribution in [0.25, 0.3) is 0 Å². The molecule has 0 aliphatic rings. The van der Waals surface area contributed by atoms with Crippen LogP contribution in [-0.2, 0) is 19.4 Å². The van der Waals surface area contributed by atoms with Crippen molar-refractivity contribution in [3.8, 4) is 0 Å². The largest absolute Gasteiger partial charge is 1.00 e. The summed E-state index contributed by atoms with van der Waals surface area (Å²) in [6, 6.07) is 0. The Hall–Kier alpha value is 0.340. The quantitative estimate of drug-likeness (QED) is 0.238. The Bertz CT molecular complexity index is 328. The molecule has 0 aromatic rings. The number of unbranched alkanes of at least 4 members (excludes halogenated alkanes) is 9. The maximum Gasteiger partial charge on any atom is 1.00 e. The molecule has 0 amide bonds. The van der Waals surface area contributed by atoms with Gasteiger partial charge in [0.15, 0.2) is 0 Å². The zero-order chi connectivity index (χ0) is 16.6. The molecule has 0 aliphatic carbocycles. The Morgan fingerprint density at radius 1 is 0.955 bits per heavy atom. The molecule has 6 nitrogen and oxygen atoms in total. The van der Waals surface area contributed by atoms with Crippen LogP contribution in [0.2, 0.25) is 0 Å². The summed E-state index contributed by atoms with van der Waals surface area (Å²) in [6.45, 7) is 3.33. The SMILES string of the molecule is CC(=O)O.CCCCCCCCCCCCOS(=O)(=O)[O-].[Na+]. The number of hydrogen-bond acceptors (Lipinski definition) is 5. The minimum atomic E-state index is -4.48. The van der Waals surface area contributed by atoms with E-state index in [1.807, 2.05) is 0 Å². The Kier molecular flexibility index (Phi) is 24.0. The van der Waals surface area contributed by atoms with Gasteiger partial charge >= 0.3 is 29.6 Å². The minimum absolute atomic E-state index is 0. The van der Waals surface area contributed by atoms with Crippen molar-refractivity contribution in [1.29, 1.82) is 0 Å². The Labute approximate surface area is 157 Å². The first kappa shape index (κ1) is 27.2. The van der Waals surface area contributed by atoms with Gasteiger partial charge in [0.05, 0.1) is 6.61 Å². The molecule has 0 spiro atoms. The van der Waals surface area contributed by atoms with E-state index in [2.05, 4.69) is 11.1 Å². The standard InChI is InChI=1S/C12H26O4S.C2H4O2.Na/c1-2-3-4-5-6-7-8-9-10-11-12-16-17(13,14)15;1-2(3)4;/h2-12H2,1H3,(H,13,14,15);1H3,(H,3,4);/q;;+1/p-1. The summed E-state index contributed by atoms with van der Waals surface area (Å²) < 4.78 is 34.5. The van der Waals surface area contributed by atoms with Crippen molar-refractivity contribution in [3.63, 3.8) is 0 Å². The van der Waals surface area contributed by atoms with Gasteiger partial charge < -0.3 is 9.66 Å². The molecule has 0 aliphatic heterocycles. The summed E-state index contributed by atoms with van der Waals surface area (Å²) in [5.41, 5.74) is 0. The first-order valence-corrected chi connectivity index (χ1v) is 8.92.